The Labute approximate surface area is 113 Å². The summed E-state index contributed by atoms with van der Waals surface area (Å²) in [4.78, 5) is 22.7. The lowest BCUT2D eigenvalue weighted by molar-refractivity contribution is -0.171. The first-order chi connectivity index (χ1) is 8.90. The zero-order valence-corrected chi connectivity index (χ0v) is 11.9. The lowest BCUT2D eigenvalue weighted by atomic mass is 9.85. The van der Waals surface area contributed by atoms with Crippen molar-refractivity contribution in [3.8, 4) is 0 Å². The molecule has 0 radical (unpaired) electrons. The van der Waals surface area contributed by atoms with Gasteiger partial charge in [-0.1, -0.05) is 13.8 Å². The maximum atomic E-state index is 12.1. The average Bonchev–Trinajstić information content (AvgIpc) is 2.88. The molecule has 5 nitrogen and oxygen atoms in total. The molecular formula is C14H22O5. The number of carbonyl (C=O) groups excluding carboxylic acids is 2. The maximum absolute atomic E-state index is 12.1. The zero-order valence-electron chi connectivity index (χ0n) is 11.9. The number of fused-ring (bicyclic) bond motifs is 2. The van der Waals surface area contributed by atoms with E-state index in [1.807, 2.05) is 20.8 Å². The highest BCUT2D eigenvalue weighted by Crippen LogP contribution is 2.42. The zero-order chi connectivity index (χ0) is 14.2. The third-order valence-electron chi connectivity index (χ3n) is 4.40. The van der Waals surface area contributed by atoms with Crippen LogP contribution < -0.4 is 0 Å². The van der Waals surface area contributed by atoms with Crippen molar-refractivity contribution < 1.29 is 23.8 Å². The van der Waals surface area contributed by atoms with Crippen LogP contribution in [-0.4, -0.2) is 36.9 Å². The fraction of sp³-hybridized carbons (Fsp3) is 0.857. The second kappa shape index (κ2) is 5.12. The van der Waals surface area contributed by atoms with Gasteiger partial charge in [-0.2, -0.15) is 0 Å². The molecule has 2 saturated heterocycles. The van der Waals surface area contributed by atoms with Gasteiger partial charge in [0, 0.05) is 0 Å². The summed E-state index contributed by atoms with van der Waals surface area (Å²) in [6.07, 6.45) is 0.295. The molecule has 0 aromatic rings. The molecule has 2 aliphatic heterocycles. The van der Waals surface area contributed by atoms with Crippen LogP contribution in [0.4, 0.5) is 0 Å². The minimum atomic E-state index is -0.529. The normalized spacial score (nSPS) is 37.2. The fourth-order valence-corrected chi connectivity index (χ4v) is 2.69. The van der Waals surface area contributed by atoms with Gasteiger partial charge in [-0.15, -0.1) is 0 Å². The topological polar surface area (TPSA) is 61.8 Å². The molecule has 0 saturated carbocycles. The van der Waals surface area contributed by atoms with E-state index in [1.165, 1.54) is 0 Å². The van der Waals surface area contributed by atoms with Crippen LogP contribution in [0.5, 0.6) is 0 Å². The highest BCUT2D eigenvalue weighted by Gasteiger charge is 2.56. The molecule has 0 aromatic heterocycles. The van der Waals surface area contributed by atoms with Crippen molar-refractivity contribution in [3.05, 3.63) is 0 Å². The molecule has 5 atom stereocenters. The number of rotatable bonds is 5. The van der Waals surface area contributed by atoms with Crippen LogP contribution in [0.2, 0.25) is 0 Å². The van der Waals surface area contributed by atoms with Crippen LogP contribution in [0.3, 0.4) is 0 Å². The van der Waals surface area contributed by atoms with E-state index >= 15 is 0 Å². The predicted molar refractivity (Wildman–Crippen MR) is 67.3 cm³/mol. The number of ether oxygens (including phenoxy) is 3. The van der Waals surface area contributed by atoms with Gasteiger partial charge in [-0.3, -0.25) is 9.59 Å². The minimum Gasteiger partial charge on any atom is -0.458 e. The summed E-state index contributed by atoms with van der Waals surface area (Å²) in [6.45, 7) is 8.11. The highest BCUT2D eigenvalue weighted by atomic mass is 16.6. The van der Waals surface area contributed by atoms with Crippen LogP contribution in [0.25, 0.3) is 0 Å². The summed E-state index contributed by atoms with van der Waals surface area (Å²) in [5.41, 5.74) is -0.529. The van der Waals surface area contributed by atoms with Gasteiger partial charge >= 0.3 is 5.97 Å². The second-order valence-electron chi connectivity index (χ2n) is 6.16. The molecular weight excluding hydrogens is 248 g/mol. The SMILES string of the molecule is CCC(C)(C)C(=O)OC1C2CC(C)C(O2)C1OC=O. The standard InChI is InChI=1S/C14H22O5/c1-5-14(3,4)13(16)19-11-9-6-8(2)10(18-9)12(11)17-7-15/h7-12H,5-6H2,1-4H3. The van der Waals surface area contributed by atoms with Gasteiger partial charge in [-0.05, 0) is 32.6 Å². The molecule has 0 aromatic carbocycles. The van der Waals surface area contributed by atoms with Crippen molar-refractivity contribution in [1.82, 2.24) is 0 Å². The van der Waals surface area contributed by atoms with Crippen molar-refractivity contribution in [3.63, 3.8) is 0 Å². The van der Waals surface area contributed by atoms with Crippen molar-refractivity contribution in [1.29, 1.82) is 0 Å². The van der Waals surface area contributed by atoms with Crippen molar-refractivity contribution >= 4 is 12.4 Å². The molecule has 2 fully saturated rings. The molecule has 0 N–H and O–H groups in total. The molecule has 0 amide bonds. The second-order valence-corrected chi connectivity index (χ2v) is 6.16. The summed E-state index contributed by atoms with van der Waals surface area (Å²) in [5, 5.41) is 0. The van der Waals surface area contributed by atoms with Gasteiger partial charge in [0.1, 0.15) is 6.10 Å². The summed E-state index contributed by atoms with van der Waals surface area (Å²) < 4.78 is 16.4. The van der Waals surface area contributed by atoms with Gasteiger partial charge in [0.2, 0.25) is 0 Å². The van der Waals surface area contributed by atoms with E-state index in [9.17, 15) is 9.59 Å². The molecule has 2 rings (SSSR count). The molecule has 2 bridgehead atoms. The largest absolute Gasteiger partial charge is 0.458 e. The third-order valence-corrected chi connectivity index (χ3v) is 4.40. The Kier molecular flexibility index (Phi) is 3.85. The Balaban J connectivity index is 2.07. The molecule has 19 heavy (non-hydrogen) atoms. The van der Waals surface area contributed by atoms with E-state index in [1.54, 1.807) is 0 Å². The quantitative estimate of drug-likeness (QED) is 0.562. The van der Waals surface area contributed by atoms with Gasteiger partial charge in [0.25, 0.3) is 6.47 Å². The van der Waals surface area contributed by atoms with E-state index in [0.29, 0.717) is 18.8 Å². The van der Waals surface area contributed by atoms with Gasteiger partial charge < -0.3 is 14.2 Å². The number of hydrogen-bond acceptors (Lipinski definition) is 5. The monoisotopic (exact) mass is 270 g/mol. The summed E-state index contributed by atoms with van der Waals surface area (Å²) in [7, 11) is 0. The lowest BCUT2D eigenvalue weighted by Gasteiger charge is -2.31. The third kappa shape index (κ3) is 2.48. The molecule has 2 aliphatic rings. The van der Waals surface area contributed by atoms with Crippen molar-refractivity contribution in [2.75, 3.05) is 0 Å². The Morgan fingerprint density at radius 3 is 2.68 bits per heavy atom. The molecule has 0 spiro atoms. The molecule has 2 heterocycles. The van der Waals surface area contributed by atoms with Crippen LogP contribution in [0.15, 0.2) is 0 Å². The number of hydrogen-bond donors (Lipinski definition) is 0. The van der Waals surface area contributed by atoms with Gasteiger partial charge in [0.05, 0.1) is 11.5 Å². The smallest absolute Gasteiger partial charge is 0.312 e. The van der Waals surface area contributed by atoms with Crippen molar-refractivity contribution in [2.45, 2.75) is 65.0 Å². The molecule has 5 heteroatoms. The van der Waals surface area contributed by atoms with E-state index in [4.69, 9.17) is 14.2 Å². The Morgan fingerprint density at radius 2 is 2.11 bits per heavy atom. The molecule has 0 aliphatic carbocycles. The van der Waals surface area contributed by atoms with Crippen molar-refractivity contribution in [2.24, 2.45) is 11.3 Å². The predicted octanol–water partition coefficient (Wildman–Crippen LogP) is 1.68. The van der Waals surface area contributed by atoms with Crippen LogP contribution in [0.1, 0.15) is 40.5 Å². The van der Waals surface area contributed by atoms with Crippen LogP contribution >= 0.6 is 0 Å². The number of carbonyl (C=O) groups is 2. The average molecular weight is 270 g/mol. The summed E-state index contributed by atoms with van der Waals surface area (Å²) in [6, 6.07) is 0. The van der Waals surface area contributed by atoms with Gasteiger partial charge in [-0.25, -0.2) is 0 Å². The van der Waals surface area contributed by atoms with Crippen LogP contribution in [0, 0.1) is 11.3 Å². The Hall–Kier alpha value is -1.10. The first-order valence-corrected chi connectivity index (χ1v) is 6.86. The lowest BCUT2D eigenvalue weighted by Crippen LogP contribution is -2.46. The van der Waals surface area contributed by atoms with E-state index in [2.05, 4.69) is 6.92 Å². The van der Waals surface area contributed by atoms with E-state index < -0.39 is 17.6 Å². The Morgan fingerprint density at radius 1 is 1.42 bits per heavy atom. The molecule has 108 valence electrons. The summed E-state index contributed by atoms with van der Waals surface area (Å²) >= 11 is 0. The number of esters is 1. The summed E-state index contributed by atoms with van der Waals surface area (Å²) in [5.74, 6) is 0.0624. The fourth-order valence-electron chi connectivity index (χ4n) is 2.69. The van der Waals surface area contributed by atoms with Gasteiger partial charge in [0.15, 0.2) is 12.2 Å². The first-order valence-electron chi connectivity index (χ1n) is 6.86. The maximum Gasteiger partial charge on any atom is 0.312 e. The van der Waals surface area contributed by atoms with E-state index in [0.717, 1.165) is 6.42 Å². The highest BCUT2D eigenvalue weighted by molar-refractivity contribution is 5.76. The Bertz CT molecular complexity index is 365. The first kappa shape index (κ1) is 14.3. The molecule has 5 unspecified atom stereocenters. The minimum absolute atomic E-state index is 0.151. The van der Waals surface area contributed by atoms with E-state index in [-0.39, 0.29) is 18.2 Å². The van der Waals surface area contributed by atoms with Crippen LogP contribution in [-0.2, 0) is 23.8 Å².